The van der Waals surface area contributed by atoms with E-state index in [0.717, 1.165) is 13.0 Å². The van der Waals surface area contributed by atoms with Gasteiger partial charge in [0.15, 0.2) is 0 Å². The Hall–Kier alpha value is -1.65. The Balaban J connectivity index is 1.84. The molecule has 0 aliphatic carbocycles. The summed E-state index contributed by atoms with van der Waals surface area (Å²) < 4.78 is 2.23. The van der Waals surface area contributed by atoms with Crippen molar-refractivity contribution in [3.05, 3.63) is 42.4 Å². The highest BCUT2D eigenvalue weighted by Gasteiger charge is 2.38. The summed E-state index contributed by atoms with van der Waals surface area (Å²) in [6.07, 6.45) is 4.53. The molecule has 1 aromatic heterocycles. The molecule has 2 N–H and O–H groups in total. The van der Waals surface area contributed by atoms with Crippen molar-refractivity contribution in [2.45, 2.75) is 18.6 Å². The number of piperidine rings is 1. The predicted molar refractivity (Wildman–Crippen MR) is 72.8 cm³/mol. The van der Waals surface area contributed by atoms with Crippen LogP contribution >= 0.6 is 0 Å². The maximum absolute atomic E-state index is 10.3. The summed E-state index contributed by atoms with van der Waals surface area (Å²) in [4.78, 5) is 4.28. The van der Waals surface area contributed by atoms with Gasteiger partial charge < -0.3 is 15.0 Å². The molecule has 3 heterocycles. The van der Waals surface area contributed by atoms with E-state index in [2.05, 4.69) is 39.1 Å². The van der Waals surface area contributed by atoms with Crippen LogP contribution < -0.4 is 5.32 Å². The maximum Gasteiger partial charge on any atom is 0.0956 e. The van der Waals surface area contributed by atoms with Crippen LogP contribution in [-0.4, -0.2) is 33.9 Å². The maximum atomic E-state index is 10.3. The highest BCUT2D eigenvalue weighted by Crippen LogP contribution is 2.44. The lowest BCUT2D eigenvalue weighted by Crippen LogP contribution is -2.43. The predicted octanol–water partition coefficient (Wildman–Crippen LogP) is 1.42. The zero-order chi connectivity index (χ0) is 12.8. The van der Waals surface area contributed by atoms with Crippen LogP contribution in [0.3, 0.4) is 0 Å². The summed E-state index contributed by atoms with van der Waals surface area (Å²) >= 11 is 0. The number of rotatable bonds is 1. The quantitative estimate of drug-likeness (QED) is 0.810. The van der Waals surface area contributed by atoms with Crippen LogP contribution in [-0.2, 0) is 0 Å². The fraction of sp³-hybridized carbons (Fsp3) is 0.400. The summed E-state index contributed by atoms with van der Waals surface area (Å²) in [7, 11) is 0. The van der Waals surface area contributed by atoms with Crippen molar-refractivity contribution >= 4 is 0 Å². The van der Waals surface area contributed by atoms with Gasteiger partial charge in [0, 0.05) is 18.0 Å². The van der Waals surface area contributed by atoms with E-state index in [1.807, 2.05) is 12.5 Å². The van der Waals surface area contributed by atoms with Gasteiger partial charge in [-0.2, -0.15) is 0 Å². The zero-order valence-electron chi connectivity index (χ0n) is 10.7. The smallest absolute Gasteiger partial charge is 0.0956 e. The van der Waals surface area contributed by atoms with Crippen molar-refractivity contribution in [3.8, 4) is 11.3 Å². The van der Waals surface area contributed by atoms with Gasteiger partial charge in [-0.15, -0.1) is 0 Å². The average molecular weight is 255 g/mol. The number of benzene rings is 1. The molecule has 0 amide bonds. The molecule has 19 heavy (non-hydrogen) atoms. The van der Waals surface area contributed by atoms with Crippen LogP contribution in [0.1, 0.15) is 18.0 Å². The molecule has 2 aliphatic rings. The molecule has 1 aromatic carbocycles. The van der Waals surface area contributed by atoms with Crippen LogP contribution in [0.2, 0.25) is 0 Å². The summed E-state index contributed by atoms with van der Waals surface area (Å²) in [6, 6.07) is 8.71. The van der Waals surface area contributed by atoms with E-state index in [4.69, 9.17) is 0 Å². The lowest BCUT2D eigenvalue weighted by atomic mass is 9.84. The number of fused-ring (bicyclic) bond motifs is 3. The highest BCUT2D eigenvalue weighted by molar-refractivity contribution is 5.69. The molecule has 98 valence electrons. The molecular weight excluding hydrogens is 238 g/mol. The Kier molecular flexibility index (Phi) is 2.47. The number of aliphatic hydroxyl groups excluding tert-OH is 1. The Morgan fingerprint density at radius 1 is 1.32 bits per heavy atom. The Morgan fingerprint density at radius 3 is 3.11 bits per heavy atom. The van der Waals surface area contributed by atoms with Gasteiger partial charge in [-0.3, -0.25) is 0 Å². The van der Waals surface area contributed by atoms with E-state index < -0.39 is 0 Å². The summed E-state index contributed by atoms with van der Waals surface area (Å²) in [6.45, 7) is 1.66. The van der Waals surface area contributed by atoms with Crippen LogP contribution in [0.25, 0.3) is 11.3 Å². The van der Waals surface area contributed by atoms with E-state index in [0.29, 0.717) is 6.54 Å². The molecule has 0 spiro atoms. The first-order chi connectivity index (χ1) is 9.36. The molecule has 4 nitrogen and oxygen atoms in total. The van der Waals surface area contributed by atoms with Crippen molar-refractivity contribution in [3.63, 3.8) is 0 Å². The van der Waals surface area contributed by atoms with Crippen molar-refractivity contribution in [2.75, 3.05) is 13.1 Å². The van der Waals surface area contributed by atoms with Gasteiger partial charge in [-0.05, 0) is 18.5 Å². The van der Waals surface area contributed by atoms with Crippen LogP contribution in [0.5, 0.6) is 0 Å². The standard InChI is InChI=1S/C15H17N3O/c19-14-8-16-6-5-12(14)15-11-4-2-1-3-10(11)13-7-17-9-18(13)15/h1-4,7,9,12,14-16,19H,5-6,8H2/t12?,14?,15-/m0/s1. The van der Waals surface area contributed by atoms with Crippen LogP contribution in [0.4, 0.5) is 0 Å². The number of hydrogen-bond donors (Lipinski definition) is 2. The minimum Gasteiger partial charge on any atom is -0.391 e. The largest absolute Gasteiger partial charge is 0.391 e. The fourth-order valence-corrected chi connectivity index (χ4v) is 3.54. The van der Waals surface area contributed by atoms with Gasteiger partial charge in [-0.1, -0.05) is 24.3 Å². The third-order valence-corrected chi connectivity index (χ3v) is 4.43. The number of imidazole rings is 1. The molecule has 0 radical (unpaired) electrons. The van der Waals surface area contributed by atoms with Crippen molar-refractivity contribution in [1.82, 2.24) is 14.9 Å². The molecule has 4 rings (SSSR count). The molecule has 2 aliphatic heterocycles. The van der Waals surface area contributed by atoms with Gasteiger partial charge in [0.1, 0.15) is 0 Å². The summed E-state index contributed by atoms with van der Waals surface area (Å²) in [5, 5.41) is 13.6. The second-order valence-corrected chi connectivity index (χ2v) is 5.44. The number of nitrogens with zero attached hydrogens (tertiary/aromatic N) is 2. The second kappa shape index (κ2) is 4.18. The zero-order valence-corrected chi connectivity index (χ0v) is 10.7. The SMILES string of the molecule is OC1CNCCC1[C@@H]1c2ccccc2-c2cncn21. The van der Waals surface area contributed by atoms with Crippen molar-refractivity contribution < 1.29 is 5.11 Å². The van der Waals surface area contributed by atoms with Gasteiger partial charge in [0.25, 0.3) is 0 Å². The lowest BCUT2D eigenvalue weighted by molar-refractivity contribution is 0.0618. The van der Waals surface area contributed by atoms with Crippen molar-refractivity contribution in [2.24, 2.45) is 5.92 Å². The molecule has 1 saturated heterocycles. The Labute approximate surface area is 112 Å². The molecule has 2 unspecified atom stereocenters. The van der Waals surface area contributed by atoms with E-state index in [-0.39, 0.29) is 18.1 Å². The van der Waals surface area contributed by atoms with Gasteiger partial charge in [-0.25, -0.2) is 4.98 Å². The first-order valence-electron chi connectivity index (χ1n) is 6.86. The minimum atomic E-state index is -0.292. The number of β-amino-alcohol motifs (C(OH)–C–C–N with tert-alkyl or cyclic N) is 1. The molecule has 0 bridgehead atoms. The number of aromatic nitrogens is 2. The minimum absolute atomic E-state index is 0.228. The highest BCUT2D eigenvalue weighted by atomic mass is 16.3. The third-order valence-electron chi connectivity index (χ3n) is 4.43. The van der Waals surface area contributed by atoms with Crippen LogP contribution in [0, 0.1) is 5.92 Å². The fourth-order valence-electron chi connectivity index (χ4n) is 3.54. The first-order valence-corrected chi connectivity index (χ1v) is 6.86. The Bertz CT molecular complexity index is 607. The van der Waals surface area contributed by atoms with Crippen molar-refractivity contribution in [1.29, 1.82) is 0 Å². The normalized spacial score (nSPS) is 29.0. The molecule has 0 saturated carbocycles. The second-order valence-electron chi connectivity index (χ2n) is 5.44. The topological polar surface area (TPSA) is 50.1 Å². The van der Waals surface area contributed by atoms with Gasteiger partial charge >= 0.3 is 0 Å². The number of nitrogens with one attached hydrogen (secondary N) is 1. The molecule has 3 atom stereocenters. The molecule has 2 aromatic rings. The van der Waals surface area contributed by atoms with Gasteiger partial charge in [0.05, 0.1) is 30.4 Å². The Morgan fingerprint density at radius 2 is 2.21 bits per heavy atom. The van der Waals surface area contributed by atoms with E-state index in [1.165, 1.54) is 16.8 Å². The summed E-state index contributed by atoms with van der Waals surface area (Å²) in [5.74, 6) is 0.262. The van der Waals surface area contributed by atoms with E-state index in [9.17, 15) is 5.11 Å². The van der Waals surface area contributed by atoms with Gasteiger partial charge in [0.2, 0.25) is 0 Å². The third kappa shape index (κ3) is 1.57. The average Bonchev–Trinajstić information content (AvgIpc) is 3.00. The van der Waals surface area contributed by atoms with E-state index >= 15 is 0 Å². The number of hydrogen-bond acceptors (Lipinski definition) is 3. The number of aliphatic hydroxyl groups is 1. The van der Waals surface area contributed by atoms with Crippen LogP contribution in [0.15, 0.2) is 36.8 Å². The summed E-state index contributed by atoms with van der Waals surface area (Å²) in [5.41, 5.74) is 3.76. The van der Waals surface area contributed by atoms with E-state index in [1.54, 1.807) is 0 Å². The lowest BCUT2D eigenvalue weighted by Gasteiger charge is -2.34. The molecule has 1 fully saturated rings. The monoisotopic (exact) mass is 255 g/mol. The first kappa shape index (κ1) is 11.2. The molecular formula is C15H17N3O. The molecule has 4 heteroatoms.